The number of hydrogen-bond donors (Lipinski definition) is 2. The zero-order valence-corrected chi connectivity index (χ0v) is 27.7. The van der Waals surface area contributed by atoms with Crippen molar-refractivity contribution in [2.24, 2.45) is 5.10 Å². The molecule has 1 amide bonds. The highest BCUT2D eigenvalue weighted by Crippen LogP contribution is 2.40. The third-order valence-electron chi connectivity index (χ3n) is 6.68. The molecule has 0 heterocycles. The highest BCUT2D eigenvalue weighted by molar-refractivity contribution is 9.10. The summed E-state index contributed by atoms with van der Waals surface area (Å²) in [6, 6.07) is 14.0. The van der Waals surface area contributed by atoms with Gasteiger partial charge in [0.1, 0.15) is 11.5 Å². The minimum atomic E-state index is -0.546. The van der Waals surface area contributed by atoms with Gasteiger partial charge in [0.2, 0.25) is 5.91 Å². The lowest BCUT2D eigenvalue weighted by atomic mass is 9.78. The number of phenolic OH excluding ortho intramolecular Hbond substituents is 1. The van der Waals surface area contributed by atoms with Crippen LogP contribution in [-0.4, -0.2) is 36.9 Å². The number of aromatic hydroxyl groups is 1. The minimum absolute atomic E-state index is 0.226. The van der Waals surface area contributed by atoms with Crippen LogP contribution < -0.4 is 19.6 Å². The maximum absolute atomic E-state index is 12.7. The van der Waals surface area contributed by atoms with E-state index in [1.807, 2.05) is 19.1 Å². The number of halogens is 1. The summed E-state index contributed by atoms with van der Waals surface area (Å²) in [6.07, 6.45) is 2.22. The van der Waals surface area contributed by atoms with E-state index in [2.05, 4.69) is 68.0 Å². The van der Waals surface area contributed by atoms with Crippen molar-refractivity contribution in [2.45, 2.75) is 72.1 Å². The van der Waals surface area contributed by atoms with Crippen molar-refractivity contribution in [2.75, 3.05) is 13.7 Å². The molecule has 0 saturated heterocycles. The number of nitrogens with zero attached hydrogens (tertiary/aromatic N) is 1. The zero-order chi connectivity index (χ0) is 31.9. The van der Waals surface area contributed by atoms with Crippen molar-refractivity contribution in [1.82, 2.24) is 5.43 Å². The average Bonchev–Trinajstić information content (AvgIpc) is 2.93. The van der Waals surface area contributed by atoms with Crippen molar-refractivity contribution in [3.8, 4) is 23.0 Å². The van der Waals surface area contributed by atoms with Crippen LogP contribution in [0.2, 0.25) is 0 Å². The van der Waals surface area contributed by atoms with E-state index in [9.17, 15) is 14.7 Å². The fourth-order valence-electron chi connectivity index (χ4n) is 4.38. The van der Waals surface area contributed by atoms with E-state index in [0.29, 0.717) is 45.9 Å². The van der Waals surface area contributed by atoms with E-state index < -0.39 is 5.97 Å². The molecule has 43 heavy (non-hydrogen) atoms. The second-order valence-electron chi connectivity index (χ2n) is 12.2. The van der Waals surface area contributed by atoms with Crippen molar-refractivity contribution < 1.29 is 28.9 Å². The molecule has 0 aliphatic rings. The average molecular weight is 654 g/mol. The Morgan fingerprint density at radius 3 is 2.12 bits per heavy atom. The minimum Gasteiger partial charge on any atom is -0.507 e. The van der Waals surface area contributed by atoms with Crippen molar-refractivity contribution in [1.29, 1.82) is 0 Å². The van der Waals surface area contributed by atoms with Crippen LogP contribution in [0.15, 0.2) is 58.1 Å². The van der Waals surface area contributed by atoms with Crippen LogP contribution >= 0.6 is 15.9 Å². The van der Waals surface area contributed by atoms with Crippen molar-refractivity contribution in [3.63, 3.8) is 0 Å². The first-order valence-corrected chi connectivity index (χ1v) is 14.9. The summed E-state index contributed by atoms with van der Waals surface area (Å²) >= 11 is 3.46. The summed E-state index contributed by atoms with van der Waals surface area (Å²) in [5.41, 5.74) is 5.79. The number of benzene rings is 3. The Kier molecular flexibility index (Phi) is 11.0. The monoisotopic (exact) mass is 652 g/mol. The number of hydrazone groups is 1. The molecule has 2 N–H and O–H groups in total. The standard InChI is InChI=1S/C34H41BrN2O6/c1-9-42-28-19-22(18-27(35)31(28)43-32(40)23-11-13-24(41-8)14-12-23)20-36-37-29(38)15-10-21-16-25(33(2,3)4)30(39)26(17-21)34(5,6)7/h11-14,16-20,39H,9-10,15H2,1-8H3,(H,37,38)/b36-20-. The van der Waals surface area contributed by atoms with E-state index in [1.54, 1.807) is 43.5 Å². The number of hydrogen-bond acceptors (Lipinski definition) is 7. The molecule has 0 fully saturated rings. The predicted molar refractivity (Wildman–Crippen MR) is 173 cm³/mol. The largest absolute Gasteiger partial charge is 0.507 e. The fraction of sp³-hybridized carbons (Fsp3) is 0.382. The molecule has 0 radical (unpaired) electrons. The normalized spacial score (nSPS) is 11.8. The van der Waals surface area contributed by atoms with E-state index >= 15 is 0 Å². The van der Waals surface area contributed by atoms with Crippen LogP contribution in [0.5, 0.6) is 23.0 Å². The van der Waals surface area contributed by atoms with E-state index in [1.165, 1.54) is 6.21 Å². The first-order valence-electron chi connectivity index (χ1n) is 14.1. The number of carbonyl (C=O) groups is 2. The second kappa shape index (κ2) is 14.1. The maximum atomic E-state index is 12.7. The van der Waals surface area contributed by atoms with E-state index in [-0.39, 0.29) is 28.9 Å². The number of aryl methyl sites for hydroxylation is 1. The first kappa shape index (κ1) is 33.6. The number of rotatable bonds is 10. The lowest BCUT2D eigenvalue weighted by Crippen LogP contribution is -2.20. The molecular weight excluding hydrogens is 612 g/mol. The molecule has 3 aromatic carbocycles. The van der Waals surface area contributed by atoms with Crippen LogP contribution in [0.25, 0.3) is 0 Å². The van der Waals surface area contributed by atoms with Crippen molar-refractivity contribution in [3.05, 3.63) is 80.8 Å². The molecule has 0 spiro atoms. The number of carbonyl (C=O) groups excluding carboxylic acids is 2. The Morgan fingerprint density at radius 1 is 0.977 bits per heavy atom. The SMILES string of the molecule is CCOc1cc(/C=N\NC(=O)CCc2cc(C(C)(C)C)c(O)c(C(C)(C)C)c2)cc(Br)c1OC(=O)c1ccc(OC)cc1. The van der Waals surface area contributed by atoms with Gasteiger partial charge in [-0.3, -0.25) is 4.79 Å². The van der Waals surface area contributed by atoms with Gasteiger partial charge in [-0.05, 0) is 98.8 Å². The summed E-state index contributed by atoms with van der Waals surface area (Å²) in [7, 11) is 1.55. The molecule has 0 aromatic heterocycles. The van der Waals surface area contributed by atoms with Gasteiger partial charge < -0.3 is 19.3 Å². The molecule has 0 aliphatic heterocycles. The summed E-state index contributed by atoms with van der Waals surface area (Å²) in [5, 5.41) is 15.1. The van der Waals surface area contributed by atoms with Gasteiger partial charge in [-0.1, -0.05) is 53.7 Å². The number of ether oxygens (including phenoxy) is 3. The highest BCUT2D eigenvalue weighted by atomic mass is 79.9. The third-order valence-corrected chi connectivity index (χ3v) is 7.27. The Morgan fingerprint density at radius 2 is 1.58 bits per heavy atom. The molecule has 0 aliphatic carbocycles. The highest BCUT2D eigenvalue weighted by Gasteiger charge is 2.26. The number of phenols is 1. The Hall–Kier alpha value is -3.85. The summed E-state index contributed by atoms with van der Waals surface area (Å²) in [5.74, 6) is 0.749. The van der Waals surface area contributed by atoms with Gasteiger partial charge in [0.25, 0.3) is 0 Å². The van der Waals surface area contributed by atoms with Gasteiger partial charge in [-0.15, -0.1) is 0 Å². The van der Waals surface area contributed by atoms with Crippen LogP contribution in [0.4, 0.5) is 0 Å². The molecule has 0 unspecified atom stereocenters. The van der Waals surface area contributed by atoms with Gasteiger partial charge >= 0.3 is 5.97 Å². The Labute approximate surface area is 262 Å². The van der Waals surface area contributed by atoms with Gasteiger partial charge in [0, 0.05) is 6.42 Å². The van der Waals surface area contributed by atoms with Gasteiger partial charge in [-0.25, -0.2) is 10.2 Å². The maximum Gasteiger partial charge on any atom is 0.343 e. The summed E-state index contributed by atoms with van der Waals surface area (Å²) in [4.78, 5) is 25.4. The number of amides is 1. The predicted octanol–water partition coefficient (Wildman–Crippen LogP) is 7.46. The number of methoxy groups -OCH3 is 1. The van der Waals surface area contributed by atoms with Gasteiger partial charge in [0.05, 0.1) is 30.0 Å². The molecule has 0 bridgehead atoms. The molecule has 8 nitrogen and oxygen atoms in total. The summed E-state index contributed by atoms with van der Waals surface area (Å²) in [6.45, 7) is 14.5. The van der Waals surface area contributed by atoms with Gasteiger partial charge in [-0.2, -0.15) is 5.10 Å². The molecule has 3 rings (SSSR count). The Balaban J connectivity index is 1.70. The number of esters is 1. The molecule has 0 atom stereocenters. The lowest BCUT2D eigenvalue weighted by molar-refractivity contribution is -0.121. The van der Waals surface area contributed by atoms with Crippen molar-refractivity contribution >= 4 is 34.0 Å². The first-order chi connectivity index (χ1) is 20.1. The fourth-order valence-corrected chi connectivity index (χ4v) is 4.92. The summed E-state index contributed by atoms with van der Waals surface area (Å²) < 4.78 is 17.0. The van der Waals surface area contributed by atoms with E-state index in [0.717, 1.165) is 16.7 Å². The zero-order valence-electron chi connectivity index (χ0n) is 26.1. The smallest absolute Gasteiger partial charge is 0.343 e. The molecule has 230 valence electrons. The quantitative estimate of drug-likeness (QED) is 0.102. The Bertz CT molecular complexity index is 1450. The third kappa shape index (κ3) is 9.07. The van der Waals surface area contributed by atoms with Crippen LogP contribution in [0.1, 0.15) is 87.5 Å². The molecule has 9 heteroatoms. The van der Waals surface area contributed by atoms with Crippen LogP contribution in [0.3, 0.4) is 0 Å². The molecular formula is C34H41BrN2O6. The molecule has 0 saturated carbocycles. The molecule has 3 aromatic rings. The van der Waals surface area contributed by atoms with E-state index in [4.69, 9.17) is 14.2 Å². The van der Waals surface area contributed by atoms with Gasteiger partial charge in [0.15, 0.2) is 11.5 Å². The van der Waals surface area contributed by atoms with Crippen LogP contribution in [-0.2, 0) is 22.0 Å². The second-order valence-corrected chi connectivity index (χ2v) is 13.1. The lowest BCUT2D eigenvalue weighted by Gasteiger charge is -2.28. The topological polar surface area (TPSA) is 106 Å². The number of nitrogens with one attached hydrogen (secondary N) is 1. The van der Waals surface area contributed by atoms with Crippen LogP contribution in [0, 0.1) is 0 Å².